The maximum atomic E-state index is 12.7. The van der Waals surface area contributed by atoms with Gasteiger partial charge in [0.1, 0.15) is 6.07 Å². The molecule has 29 heavy (non-hydrogen) atoms. The van der Waals surface area contributed by atoms with E-state index >= 15 is 0 Å². The lowest BCUT2D eigenvalue weighted by Gasteiger charge is -2.25. The highest BCUT2D eigenvalue weighted by atomic mass is 16.5. The standard InChI is InChI=1S/C23H23N3O3/c1-17(2)26(16-20-6-4-19(15-25)5-7-20)23(27)11-9-18-8-10-21(29-13-12-24)22(14-18)28-3/h4-11,14,17H,13,16H2,1-3H3. The van der Waals surface area contributed by atoms with Gasteiger partial charge >= 0.3 is 0 Å². The van der Waals surface area contributed by atoms with Gasteiger partial charge in [0.15, 0.2) is 18.1 Å². The second-order valence-corrected chi connectivity index (χ2v) is 6.56. The van der Waals surface area contributed by atoms with Gasteiger partial charge in [0.2, 0.25) is 5.91 Å². The van der Waals surface area contributed by atoms with E-state index in [1.54, 1.807) is 41.3 Å². The lowest BCUT2D eigenvalue weighted by molar-refractivity contribution is -0.128. The molecule has 1 amide bonds. The summed E-state index contributed by atoms with van der Waals surface area (Å²) in [6, 6.07) is 16.5. The van der Waals surface area contributed by atoms with Crippen LogP contribution in [0.4, 0.5) is 0 Å². The summed E-state index contributed by atoms with van der Waals surface area (Å²) in [5.74, 6) is 0.850. The predicted molar refractivity (Wildman–Crippen MR) is 110 cm³/mol. The summed E-state index contributed by atoms with van der Waals surface area (Å²) >= 11 is 0. The molecule has 2 rings (SSSR count). The molecule has 0 unspecified atom stereocenters. The third-order valence-corrected chi connectivity index (χ3v) is 4.24. The summed E-state index contributed by atoms with van der Waals surface area (Å²) in [6.07, 6.45) is 3.24. The van der Waals surface area contributed by atoms with Gasteiger partial charge in [-0.2, -0.15) is 10.5 Å². The number of ether oxygens (including phenoxy) is 2. The number of nitriles is 2. The molecular formula is C23H23N3O3. The van der Waals surface area contributed by atoms with E-state index in [1.807, 2.05) is 32.0 Å². The van der Waals surface area contributed by atoms with Crippen molar-refractivity contribution in [3.8, 4) is 23.6 Å². The predicted octanol–water partition coefficient (Wildman–Crippen LogP) is 3.92. The van der Waals surface area contributed by atoms with Gasteiger partial charge in [-0.3, -0.25) is 4.79 Å². The molecule has 0 heterocycles. The first kappa shape index (κ1) is 21.5. The van der Waals surface area contributed by atoms with Crippen molar-refractivity contribution in [3.63, 3.8) is 0 Å². The number of hydrogen-bond acceptors (Lipinski definition) is 5. The zero-order valence-corrected chi connectivity index (χ0v) is 16.8. The van der Waals surface area contributed by atoms with Crippen LogP contribution in [-0.2, 0) is 11.3 Å². The Morgan fingerprint density at radius 3 is 2.45 bits per heavy atom. The van der Waals surface area contributed by atoms with E-state index in [-0.39, 0.29) is 18.6 Å². The Morgan fingerprint density at radius 2 is 1.86 bits per heavy atom. The highest BCUT2D eigenvalue weighted by Crippen LogP contribution is 2.28. The molecule has 0 saturated carbocycles. The number of carbonyl (C=O) groups is 1. The molecule has 0 radical (unpaired) electrons. The molecule has 0 saturated heterocycles. The molecule has 0 spiro atoms. The Kier molecular flexibility index (Phi) is 7.82. The molecule has 0 aliphatic heterocycles. The van der Waals surface area contributed by atoms with Crippen molar-refractivity contribution < 1.29 is 14.3 Å². The number of carbonyl (C=O) groups excluding carboxylic acids is 1. The maximum Gasteiger partial charge on any atom is 0.247 e. The topological polar surface area (TPSA) is 86.3 Å². The molecule has 0 atom stereocenters. The Morgan fingerprint density at radius 1 is 1.14 bits per heavy atom. The molecule has 6 heteroatoms. The Labute approximate surface area is 171 Å². The largest absolute Gasteiger partial charge is 0.493 e. The lowest BCUT2D eigenvalue weighted by atomic mass is 10.1. The first-order valence-corrected chi connectivity index (χ1v) is 9.14. The van der Waals surface area contributed by atoms with Gasteiger partial charge in [-0.15, -0.1) is 0 Å². The summed E-state index contributed by atoms with van der Waals surface area (Å²) in [4.78, 5) is 14.5. The van der Waals surface area contributed by atoms with Gasteiger partial charge in [-0.05, 0) is 55.3 Å². The van der Waals surface area contributed by atoms with Crippen LogP contribution in [0.2, 0.25) is 0 Å². The third kappa shape index (κ3) is 6.12. The summed E-state index contributed by atoms with van der Waals surface area (Å²) in [5, 5.41) is 17.5. The van der Waals surface area contributed by atoms with Crippen LogP contribution in [-0.4, -0.2) is 30.6 Å². The third-order valence-electron chi connectivity index (χ3n) is 4.24. The molecular weight excluding hydrogens is 366 g/mol. The molecule has 2 aromatic rings. The van der Waals surface area contributed by atoms with Crippen molar-refractivity contribution in [1.82, 2.24) is 4.90 Å². The average Bonchev–Trinajstić information content (AvgIpc) is 2.74. The smallest absolute Gasteiger partial charge is 0.247 e. The maximum absolute atomic E-state index is 12.7. The molecule has 6 nitrogen and oxygen atoms in total. The number of amides is 1. The number of rotatable bonds is 8. The van der Waals surface area contributed by atoms with Crippen LogP contribution >= 0.6 is 0 Å². The van der Waals surface area contributed by atoms with Crippen LogP contribution in [0.1, 0.15) is 30.5 Å². The van der Waals surface area contributed by atoms with E-state index in [9.17, 15) is 4.79 Å². The van der Waals surface area contributed by atoms with Crippen molar-refractivity contribution in [2.75, 3.05) is 13.7 Å². The first-order chi connectivity index (χ1) is 14.0. The van der Waals surface area contributed by atoms with E-state index in [0.717, 1.165) is 11.1 Å². The second kappa shape index (κ2) is 10.5. The summed E-state index contributed by atoms with van der Waals surface area (Å²) in [5.41, 5.74) is 2.33. The van der Waals surface area contributed by atoms with Gasteiger partial charge < -0.3 is 14.4 Å². The number of methoxy groups -OCH3 is 1. The number of hydrogen-bond donors (Lipinski definition) is 0. The molecule has 0 bridgehead atoms. The van der Waals surface area contributed by atoms with Gasteiger partial charge in [-0.1, -0.05) is 18.2 Å². The minimum absolute atomic E-state index is 0.0130. The van der Waals surface area contributed by atoms with E-state index < -0.39 is 0 Å². The minimum atomic E-state index is -0.117. The van der Waals surface area contributed by atoms with E-state index in [0.29, 0.717) is 23.6 Å². The SMILES string of the molecule is COc1cc(C=CC(=O)N(Cc2ccc(C#N)cc2)C(C)C)ccc1OCC#N. The second-order valence-electron chi connectivity index (χ2n) is 6.56. The normalized spacial score (nSPS) is 10.4. The summed E-state index contributed by atoms with van der Waals surface area (Å²) in [7, 11) is 1.52. The molecule has 0 aliphatic carbocycles. The lowest BCUT2D eigenvalue weighted by Crippen LogP contribution is -2.35. The van der Waals surface area contributed by atoms with Crippen LogP contribution in [0.15, 0.2) is 48.5 Å². The van der Waals surface area contributed by atoms with E-state index in [4.69, 9.17) is 20.0 Å². The fourth-order valence-corrected chi connectivity index (χ4v) is 2.68. The van der Waals surface area contributed by atoms with E-state index in [2.05, 4.69) is 6.07 Å². The van der Waals surface area contributed by atoms with Crippen LogP contribution in [0.25, 0.3) is 6.08 Å². The Balaban J connectivity index is 2.13. The van der Waals surface area contributed by atoms with Crippen molar-refractivity contribution >= 4 is 12.0 Å². The van der Waals surface area contributed by atoms with Crippen LogP contribution in [0, 0.1) is 22.7 Å². The van der Waals surface area contributed by atoms with Gasteiger partial charge in [0.25, 0.3) is 0 Å². The molecule has 0 aromatic heterocycles. The number of benzene rings is 2. The molecule has 148 valence electrons. The zero-order chi connectivity index (χ0) is 21.2. The summed E-state index contributed by atoms with van der Waals surface area (Å²) < 4.78 is 10.6. The van der Waals surface area contributed by atoms with Crippen molar-refractivity contribution in [3.05, 3.63) is 65.2 Å². The minimum Gasteiger partial charge on any atom is -0.493 e. The van der Waals surface area contributed by atoms with E-state index in [1.165, 1.54) is 13.2 Å². The zero-order valence-electron chi connectivity index (χ0n) is 16.8. The quantitative estimate of drug-likeness (QED) is 0.639. The monoisotopic (exact) mass is 389 g/mol. The van der Waals surface area contributed by atoms with Gasteiger partial charge in [0, 0.05) is 18.7 Å². The molecule has 0 N–H and O–H groups in total. The van der Waals surface area contributed by atoms with Crippen molar-refractivity contribution in [1.29, 1.82) is 10.5 Å². The number of nitrogens with zero attached hydrogens (tertiary/aromatic N) is 3. The van der Waals surface area contributed by atoms with Gasteiger partial charge in [0.05, 0.1) is 18.7 Å². The highest BCUT2D eigenvalue weighted by molar-refractivity contribution is 5.92. The summed E-state index contributed by atoms with van der Waals surface area (Å²) in [6.45, 7) is 4.30. The van der Waals surface area contributed by atoms with Gasteiger partial charge in [-0.25, -0.2) is 0 Å². The Hall–Kier alpha value is -3.77. The fraction of sp³-hybridized carbons (Fsp3) is 0.261. The molecule has 2 aromatic carbocycles. The highest BCUT2D eigenvalue weighted by Gasteiger charge is 2.15. The van der Waals surface area contributed by atoms with Crippen LogP contribution < -0.4 is 9.47 Å². The Bertz CT molecular complexity index is 951. The van der Waals surface area contributed by atoms with Crippen LogP contribution in [0.5, 0.6) is 11.5 Å². The fourth-order valence-electron chi connectivity index (χ4n) is 2.68. The van der Waals surface area contributed by atoms with Crippen molar-refractivity contribution in [2.45, 2.75) is 26.4 Å². The van der Waals surface area contributed by atoms with Crippen molar-refractivity contribution in [2.24, 2.45) is 0 Å². The first-order valence-electron chi connectivity index (χ1n) is 9.14. The average molecular weight is 389 g/mol. The van der Waals surface area contributed by atoms with Crippen LogP contribution in [0.3, 0.4) is 0 Å². The molecule has 0 aliphatic rings. The molecule has 0 fully saturated rings.